The molecule has 0 spiro atoms. The molecular formula is C31H38N2O2. The molecule has 1 N–H and O–H groups in total. The van der Waals surface area contributed by atoms with E-state index in [1.807, 2.05) is 89.2 Å². The Kier molecular flexibility index (Phi) is 9.25. The lowest BCUT2D eigenvalue weighted by Crippen LogP contribution is -2.52. The molecule has 0 saturated heterocycles. The summed E-state index contributed by atoms with van der Waals surface area (Å²) in [7, 11) is 0. The summed E-state index contributed by atoms with van der Waals surface area (Å²) in [6.45, 7) is 10.5. The molecule has 0 aromatic heterocycles. The minimum absolute atomic E-state index is 0.0381. The molecule has 0 radical (unpaired) electrons. The molecule has 0 aliphatic carbocycles. The van der Waals surface area contributed by atoms with Crippen LogP contribution in [0.1, 0.15) is 53.6 Å². The second kappa shape index (κ2) is 12.3. The van der Waals surface area contributed by atoms with Gasteiger partial charge in [0, 0.05) is 19.0 Å². The molecule has 0 heterocycles. The van der Waals surface area contributed by atoms with Gasteiger partial charge in [0.25, 0.3) is 0 Å². The van der Waals surface area contributed by atoms with Crippen LogP contribution in [0.15, 0.2) is 72.8 Å². The van der Waals surface area contributed by atoms with Crippen molar-refractivity contribution >= 4 is 11.8 Å². The van der Waals surface area contributed by atoms with E-state index in [4.69, 9.17) is 0 Å². The lowest BCUT2D eigenvalue weighted by atomic mass is 9.99. The summed E-state index contributed by atoms with van der Waals surface area (Å²) in [5, 5.41) is 3.13. The molecule has 0 bridgehead atoms. The molecular weight excluding hydrogens is 432 g/mol. The third-order valence-corrected chi connectivity index (χ3v) is 6.59. The van der Waals surface area contributed by atoms with Crippen LogP contribution in [-0.4, -0.2) is 28.8 Å². The second-order valence-electron chi connectivity index (χ2n) is 9.64. The monoisotopic (exact) mass is 470 g/mol. The summed E-state index contributed by atoms with van der Waals surface area (Å²) in [5.41, 5.74) is 6.42. The molecule has 2 atom stereocenters. The van der Waals surface area contributed by atoms with E-state index in [0.717, 1.165) is 39.8 Å². The molecule has 184 valence electrons. The van der Waals surface area contributed by atoms with Crippen LogP contribution < -0.4 is 5.32 Å². The van der Waals surface area contributed by atoms with Gasteiger partial charge in [-0.15, -0.1) is 0 Å². The number of hydrogen-bond acceptors (Lipinski definition) is 2. The summed E-state index contributed by atoms with van der Waals surface area (Å²) in [4.78, 5) is 29.2. The van der Waals surface area contributed by atoms with Gasteiger partial charge in [-0.2, -0.15) is 0 Å². The van der Waals surface area contributed by atoms with Gasteiger partial charge < -0.3 is 10.2 Å². The summed E-state index contributed by atoms with van der Waals surface area (Å²) in [6, 6.07) is 23.7. The number of amides is 2. The van der Waals surface area contributed by atoms with E-state index in [0.29, 0.717) is 13.0 Å². The summed E-state index contributed by atoms with van der Waals surface area (Å²) in [6.07, 6.45) is 1.56. The fourth-order valence-corrected chi connectivity index (χ4v) is 4.14. The van der Waals surface area contributed by atoms with Crippen LogP contribution in [0.5, 0.6) is 0 Å². The maximum Gasteiger partial charge on any atom is 0.243 e. The van der Waals surface area contributed by atoms with Gasteiger partial charge in [-0.1, -0.05) is 90.8 Å². The third kappa shape index (κ3) is 7.54. The van der Waals surface area contributed by atoms with E-state index in [9.17, 15) is 9.59 Å². The van der Waals surface area contributed by atoms with Crippen LogP contribution in [0.2, 0.25) is 0 Å². The maximum absolute atomic E-state index is 13.9. The van der Waals surface area contributed by atoms with Gasteiger partial charge in [-0.05, 0) is 56.4 Å². The van der Waals surface area contributed by atoms with Gasteiger partial charge in [-0.25, -0.2) is 0 Å². The fraction of sp³-hybridized carbons (Fsp3) is 0.355. The van der Waals surface area contributed by atoms with Crippen LogP contribution in [0.4, 0.5) is 0 Å². The highest BCUT2D eigenvalue weighted by Gasteiger charge is 2.31. The summed E-state index contributed by atoms with van der Waals surface area (Å²) < 4.78 is 0. The normalized spacial score (nSPS) is 12.6. The third-order valence-electron chi connectivity index (χ3n) is 6.59. The van der Waals surface area contributed by atoms with Crippen molar-refractivity contribution in [3.63, 3.8) is 0 Å². The van der Waals surface area contributed by atoms with Crippen LogP contribution in [0.3, 0.4) is 0 Å². The zero-order chi connectivity index (χ0) is 25.4. The minimum atomic E-state index is -0.606. The first-order valence-corrected chi connectivity index (χ1v) is 12.5. The number of carbonyl (C=O) groups is 2. The Morgan fingerprint density at radius 3 is 2.17 bits per heavy atom. The van der Waals surface area contributed by atoms with Crippen molar-refractivity contribution in [2.75, 3.05) is 0 Å². The number of aryl methyl sites for hydroxylation is 3. The highest BCUT2D eigenvalue weighted by molar-refractivity contribution is 5.89. The van der Waals surface area contributed by atoms with Crippen molar-refractivity contribution in [1.29, 1.82) is 0 Å². The van der Waals surface area contributed by atoms with Gasteiger partial charge in [-0.3, -0.25) is 9.59 Å². The van der Waals surface area contributed by atoms with Crippen molar-refractivity contribution in [1.82, 2.24) is 10.2 Å². The minimum Gasteiger partial charge on any atom is -0.352 e. The maximum atomic E-state index is 13.9. The molecule has 0 fully saturated rings. The molecule has 2 amide bonds. The highest BCUT2D eigenvalue weighted by atomic mass is 16.2. The number of rotatable bonds is 10. The number of carbonyl (C=O) groups excluding carboxylic acids is 2. The highest BCUT2D eigenvalue weighted by Crippen LogP contribution is 2.19. The van der Waals surface area contributed by atoms with Crippen molar-refractivity contribution < 1.29 is 9.59 Å². The molecule has 3 aromatic rings. The van der Waals surface area contributed by atoms with Crippen molar-refractivity contribution in [3.8, 4) is 0 Å². The van der Waals surface area contributed by atoms with Crippen LogP contribution in [0, 0.1) is 20.8 Å². The average molecular weight is 471 g/mol. The standard InChI is InChI=1S/C31H38N2O2/c1-6-25(5)32-31(35)29(19-26-10-8-7-9-11-26)33(21-27-16-13-22(2)14-17-27)30(34)20-28-18-23(3)12-15-24(28)4/h7-18,25,29H,6,19-21H2,1-5H3,(H,32,35)/t25-,29-/m1/s1. The van der Waals surface area contributed by atoms with E-state index in [2.05, 4.69) is 23.5 Å². The van der Waals surface area contributed by atoms with Crippen LogP contribution in [0.25, 0.3) is 0 Å². The van der Waals surface area contributed by atoms with Gasteiger partial charge in [0.2, 0.25) is 11.8 Å². The summed E-state index contributed by atoms with van der Waals surface area (Å²) >= 11 is 0. The lowest BCUT2D eigenvalue weighted by molar-refractivity contribution is -0.141. The predicted octanol–water partition coefficient (Wildman–Crippen LogP) is 5.71. The Bertz CT molecular complexity index is 1120. The molecule has 0 unspecified atom stereocenters. The molecule has 0 saturated carbocycles. The Morgan fingerprint density at radius 1 is 0.857 bits per heavy atom. The Labute approximate surface area is 210 Å². The quantitative estimate of drug-likeness (QED) is 0.413. The smallest absolute Gasteiger partial charge is 0.243 e. The average Bonchev–Trinajstić information content (AvgIpc) is 2.85. The van der Waals surface area contributed by atoms with Gasteiger partial charge in [0.15, 0.2) is 0 Å². The van der Waals surface area contributed by atoms with Gasteiger partial charge in [0.1, 0.15) is 6.04 Å². The number of benzene rings is 3. The molecule has 0 aliphatic heterocycles. The Balaban J connectivity index is 1.99. The Morgan fingerprint density at radius 2 is 1.51 bits per heavy atom. The topological polar surface area (TPSA) is 49.4 Å². The number of hydrogen-bond donors (Lipinski definition) is 1. The van der Waals surface area contributed by atoms with E-state index in [1.165, 1.54) is 0 Å². The zero-order valence-corrected chi connectivity index (χ0v) is 21.7. The van der Waals surface area contributed by atoms with Gasteiger partial charge in [0.05, 0.1) is 6.42 Å². The van der Waals surface area contributed by atoms with E-state index < -0.39 is 6.04 Å². The number of nitrogens with zero attached hydrogens (tertiary/aromatic N) is 1. The Hall–Kier alpha value is -3.40. The molecule has 4 heteroatoms. The first kappa shape index (κ1) is 26.2. The number of nitrogens with one attached hydrogen (secondary N) is 1. The molecule has 0 aliphatic rings. The van der Waals surface area contributed by atoms with E-state index in [1.54, 1.807) is 4.90 Å². The second-order valence-corrected chi connectivity index (χ2v) is 9.64. The molecule has 3 aromatic carbocycles. The molecule has 3 rings (SSSR count). The SMILES string of the molecule is CC[C@@H](C)NC(=O)[C@@H](Cc1ccccc1)N(Cc1ccc(C)cc1)C(=O)Cc1cc(C)ccc1C. The van der Waals surface area contributed by atoms with Crippen molar-refractivity contribution in [2.45, 2.75) is 72.5 Å². The summed E-state index contributed by atoms with van der Waals surface area (Å²) in [5.74, 6) is -0.149. The predicted molar refractivity (Wildman–Crippen MR) is 143 cm³/mol. The van der Waals surface area contributed by atoms with Gasteiger partial charge >= 0.3 is 0 Å². The fourth-order valence-electron chi connectivity index (χ4n) is 4.14. The van der Waals surface area contributed by atoms with E-state index in [-0.39, 0.29) is 24.3 Å². The first-order valence-electron chi connectivity index (χ1n) is 12.5. The largest absolute Gasteiger partial charge is 0.352 e. The van der Waals surface area contributed by atoms with Crippen LogP contribution >= 0.6 is 0 Å². The zero-order valence-electron chi connectivity index (χ0n) is 21.7. The van der Waals surface area contributed by atoms with Crippen molar-refractivity contribution in [2.24, 2.45) is 0 Å². The first-order chi connectivity index (χ1) is 16.8. The van der Waals surface area contributed by atoms with E-state index >= 15 is 0 Å². The molecule has 35 heavy (non-hydrogen) atoms. The van der Waals surface area contributed by atoms with Crippen molar-refractivity contribution in [3.05, 3.63) is 106 Å². The molecule has 4 nitrogen and oxygen atoms in total. The lowest BCUT2D eigenvalue weighted by Gasteiger charge is -2.32. The van der Waals surface area contributed by atoms with Crippen LogP contribution in [-0.2, 0) is 29.0 Å².